The molecule has 2 aliphatic carbocycles. The lowest BCUT2D eigenvalue weighted by Crippen LogP contribution is -2.56. The van der Waals surface area contributed by atoms with E-state index in [1.54, 1.807) is 0 Å². The molecule has 0 aromatic heterocycles. The fourth-order valence-electron chi connectivity index (χ4n) is 3.38. The number of hydrogen-bond donors (Lipinski definition) is 1. The summed E-state index contributed by atoms with van der Waals surface area (Å²) in [6, 6.07) is 2.65. The minimum absolute atomic E-state index is 0.229. The molecule has 2 atom stereocenters. The lowest BCUT2D eigenvalue weighted by atomic mass is 9.62. The zero-order valence-corrected chi connectivity index (χ0v) is 11.6. The first-order valence-electron chi connectivity index (χ1n) is 7.14. The molecule has 2 rings (SSSR count). The Morgan fingerprint density at radius 1 is 1.24 bits per heavy atom. The van der Waals surface area contributed by atoms with Gasteiger partial charge in [-0.25, -0.2) is 0 Å². The molecule has 96 valence electrons. The average Bonchev–Trinajstić information content (AvgIpc) is 3.09. The predicted molar refractivity (Wildman–Crippen MR) is 70.5 cm³/mol. The second kappa shape index (κ2) is 4.61. The Bertz CT molecular complexity index is 306. The third-order valence-electron chi connectivity index (χ3n) is 4.56. The first kappa shape index (κ1) is 12.9. The van der Waals surface area contributed by atoms with E-state index in [1.165, 1.54) is 32.1 Å². The molecule has 2 heteroatoms. The molecule has 2 unspecified atom stereocenters. The first-order chi connectivity index (χ1) is 7.98. The summed E-state index contributed by atoms with van der Waals surface area (Å²) in [6.07, 6.45) is 7.45. The van der Waals surface area contributed by atoms with Crippen LogP contribution >= 0.6 is 0 Å². The van der Waals surface area contributed by atoms with Gasteiger partial charge in [-0.15, -0.1) is 0 Å². The van der Waals surface area contributed by atoms with Crippen molar-refractivity contribution in [3.8, 4) is 6.07 Å². The van der Waals surface area contributed by atoms with Crippen molar-refractivity contribution in [1.29, 1.82) is 5.26 Å². The van der Waals surface area contributed by atoms with Gasteiger partial charge < -0.3 is 0 Å². The van der Waals surface area contributed by atoms with Gasteiger partial charge in [0.05, 0.1) is 6.07 Å². The van der Waals surface area contributed by atoms with Crippen molar-refractivity contribution in [1.82, 2.24) is 5.32 Å². The van der Waals surface area contributed by atoms with Gasteiger partial charge in [0.1, 0.15) is 5.54 Å². The van der Waals surface area contributed by atoms with Crippen LogP contribution in [0.1, 0.15) is 59.3 Å². The summed E-state index contributed by atoms with van der Waals surface area (Å²) >= 11 is 0. The highest BCUT2D eigenvalue weighted by Gasteiger charge is 2.46. The zero-order valence-electron chi connectivity index (χ0n) is 11.6. The van der Waals surface area contributed by atoms with E-state index in [9.17, 15) is 5.26 Å². The lowest BCUT2D eigenvalue weighted by Gasteiger charge is -2.46. The highest BCUT2D eigenvalue weighted by molar-refractivity contribution is 5.15. The Balaban J connectivity index is 2.11. The summed E-state index contributed by atoms with van der Waals surface area (Å²) in [5.74, 6) is 1.34. The molecule has 0 bridgehead atoms. The molecule has 0 spiro atoms. The topological polar surface area (TPSA) is 35.8 Å². The maximum atomic E-state index is 9.70. The van der Waals surface area contributed by atoms with E-state index >= 15 is 0 Å². The summed E-state index contributed by atoms with van der Waals surface area (Å²) in [6.45, 7) is 7.91. The van der Waals surface area contributed by atoms with Crippen LogP contribution in [0.15, 0.2) is 0 Å². The normalized spacial score (nSPS) is 34.4. The van der Waals surface area contributed by atoms with E-state index in [1.807, 2.05) is 0 Å². The Labute approximate surface area is 106 Å². The average molecular weight is 234 g/mol. The largest absolute Gasteiger partial charge is 0.299 e. The molecular formula is C15H26N2. The molecular weight excluding hydrogens is 208 g/mol. The van der Waals surface area contributed by atoms with Crippen molar-refractivity contribution in [2.45, 2.75) is 64.8 Å². The van der Waals surface area contributed by atoms with E-state index in [4.69, 9.17) is 0 Å². The minimum atomic E-state index is -0.251. The van der Waals surface area contributed by atoms with Gasteiger partial charge >= 0.3 is 0 Å². The monoisotopic (exact) mass is 234 g/mol. The number of hydrogen-bond acceptors (Lipinski definition) is 2. The summed E-state index contributed by atoms with van der Waals surface area (Å²) in [5, 5.41) is 13.3. The van der Waals surface area contributed by atoms with Crippen molar-refractivity contribution in [3.63, 3.8) is 0 Å². The van der Waals surface area contributed by atoms with Gasteiger partial charge in [-0.2, -0.15) is 5.26 Å². The van der Waals surface area contributed by atoms with Gasteiger partial charge in [0.25, 0.3) is 0 Å². The quantitative estimate of drug-likeness (QED) is 0.811. The Kier molecular flexibility index (Phi) is 3.50. The van der Waals surface area contributed by atoms with Crippen LogP contribution in [0.25, 0.3) is 0 Å². The molecule has 0 heterocycles. The molecule has 0 aromatic rings. The Morgan fingerprint density at radius 3 is 2.47 bits per heavy atom. The van der Waals surface area contributed by atoms with Gasteiger partial charge in [-0.05, 0) is 49.5 Å². The van der Waals surface area contributed by atoms with Crippen LogP contribution in [-0.2, 0) is 0 Å². The fourth-order valence-corrected chi connectivity index (χ4v) is 3.38. The molecule has 0 radical (unpaired) electrons. The summed E-state index contributed by atoms with van der Waals surface area (Å²) in [7, 11) is 0. The molecule has 2 nitrogen and oxygen atoms in total. The van der Waals surface area contributed by atoms with Crippen LogP contribution < -0.4 is 5.32 Å². The van der Waals surface area contributed by atoms with Gasteiger partial charge in [0, 0.05) is 0 Å². The summed E-state index contributed by atoms with van der Waals surface area (Å²) < 4.78 is 0. The van der Waals surface area contributed by atoms with Crippen LogP contribution in [0.5, 0.6) is 0 Å². The van der Waals surface area contributed by atoms with Crippen LogP contribution in [0.2, 0.25) is 0 Å². The van der Waals surface area contributed by atoms with E-state index < -0.39 is 0 Å². The molecule has 1 N–H and O–H groups in total. The van der Waals surface area contributed by atoms with E-state index in [2.05, 4.69) is 32.2 Å². The zero-order chi connectivity index (χ0) is 12.5. The van der Waals surface area contributed by atoms with Crippen molar-refractivity contribution >= 4 is 0 Å². The number of nitriles is 1. The summed E-state index contributed by atoms with van der Waals surface area (Å²) in [5.41, 5.74) is -0.0220. The van der Waals surface area contributed by atoms with Gasteiger partial charge in [0.15, 0.2) is 0 Å². The van der Waals surface area contributed by atoms with Gasteiger partial charge in [0.2, 0.25) is 0 Å². The van der Waals surface area contributed by atoms with Crippen molar-refractivity contribution in [3.05, 3.63) is 0 Å². The Morgan fingerprint density at radius 2 is 1.94 bits per heavy atom. The SMILES string of the molecule is CC(C)(C)C1CCCCC1(C#N)NCC1CC1. The van der Waals surface area contributed by atoms with Crippen molar-refractivity contribution in [2.75, 3.05) is 6.54 Å². The maximum Gasteiger partial charge on any atom is 0.110 e. The predicted octanol–water partition coefficient (Wildman–Crippen LogP) is 3.48. The van der Waals surface area contributed by atoms with Crippen LogP contribution in [-0.4, -0.2) is 12.1 Å². The molecule has 2 saturated carbocycles. The van der Waals surface area contributed by atoms with Crippen molar-refractivity contribution in [2.24, 2.45) is 17.3 Å². The highest BCUT2D eigenvalue weighted by atomic mass is 15.0. The molecule has 0 saturated heterocycles. The maximum absolute atomic E-state index is 9.70. The number of rotatable bonds is 3. The Hall–Kier alpha value is -0.550. The molecule has 2 aliphatic rings. The first-order valence-corrected chi connectivity index (χ1v) is 7.14. The molecule has 0 aromatic carbocycles. The molecule has 0 amide bonds. The summed E-state index contributed by atoms with van der Waals surface area (Å²) in [4.78, 5) is 0. The third-order valence-corrected chi connectivity index (χ3v) is 4.56. The smallest absolute Gasteiger partial charge is 0.110 e. The van der Waals surface area contributed by atoms with Crippen molar-refractivity contribution < 1.29 is 0 Å². The number of nitrogens with one attached hydrogen (secondary N) is 1. The number of nitrogens with zero attached hydrogens (tertiary/aromatic N) is 1. The van der Waals surface area contributed by atoms with Crippen LogP contribution in [0, 0.1) is 28.6 Å². The third kappa shape index (κ3) is 2.83. The lowest BCUT2D eigenvalue weighted by molar-refractivity contribution is 0.0873. The van der Waals surface area contributed by atoms with Gasteiger partial charge in [-0.1, -0.05) is 33.6 Å². The van der Waals surface area contributed by atoms with Crippen LogP contribution in [0.3, 0.4) is 0 Å². The molecule has 17 heavy (non-hydrogen) atoms. The standard InChI is InChI=1S/C15H26N2/c1-14(2,3)13-6-4-5-9-15(13,11-16)17-10-12-7-8-12/h12-13,17H,4-10H2,1-3H3. The van der Waals surface area contributed by atoms with E-state index in [0.29, 0.717) is 5.92 Å². The highest BCUT2D eigenvalue weighted by Crippen LogP contribution is 2.44. The fraction of sp³-hybridized carbons (Fsp3) is 0.933. The molecule has 0 aliphatic heterocycles. The second-order valence-electron chi connectivity index (χ2n) is 7.07. The van der Waals surface area contributed by atoms with Crippen LogP contribution in [0.4, 0.5) is 0 Å². The van der Waals surface area contributed by atoms with E-state index in [-0.39, 0.29) is 11.0 Å². The van der Waals surface area contributed by atoms with Gasteiger partial charge in [-0.3, -0.25) is 5.32 Å². The van der Waals surface area contributed by atoms with E-state index in [0.717, 1.165) is 18.9 Å². The second-order valence-corrected chi connectivity index (χ2v) is 7.07. The molecule has 2 fully saturated rings. The minimum Gasteiger partial charge on any atom is -0.299 e.